The molecule has 1 aliphatic heterocycles. The number of hydrogen-bond donors (Lipinski definition) is 0. The molecule has 0 radical (unpaired) electrons. The average molecular weight is 439 g/mol. The van der Waals surface area contributed by atoms with Gasteiger partial charge in [0.25, 0.3) is 5.91 Å². The summed E-state index contributed by atoms with van der Waals surface area (Å²) in [6.07, 6.45) is 2.36. The summed E-state index contributed by atoms with van der Waals surface area (Å²) in [7, 11) is 0. The van der Waals surface area contributed by atoms with Crippen molar-refractivity contribution in [2.75, 3.05) is 13.1 Å². The van der Waals surface area contributed by atoms with Gasteiger partial charge in [-0.25, -0.2) is 4.98 Å². The number of amides is 1. The number of benzene rings is 2. The van der Waals surface area contributed by atoms with E-state index in [9.17, 15) is 4.79 Å². The van der Waals surface area contributed by atoms with Gasteiger partial charge in [0.1, 0.15) is 17.6 Å². The maximum atomic E-state index is 13.1. The van der Waals surface area contributed by atoms with Crippen molar-refractivity contribution in [2.24, 2.45) is 0 Å². The minimum Gasteiger partial charge on any atom is -0.472 e. The molecule has 1 fully saturated rings. The Morgan fingerprint density at radius 1 is 1.04 bits per heavy atom. The summed E-state index contributed by atoms with van der Waals surface area (Å²) in [4.78, 5) is 19.1. The smallest absolute Gasteiger partial charge is 0.257 e. The average Bonchev–Trinajstić information content (AvgIpc) is 3.19. The number of hydrogen-bond acceptors (Lipinski definition) is 4. The second-order valence-corrected chi connectivity index (χ2v) is 7.34. The third-order valence-electron chi connectivity index (χ3n) is 4.52. The van der Waals surface area contributed by atoms with Crippen molar-refractivity contribution < 1.29 is 14.3 Å². The van der Waals surface area contributed by atoms with Crippen LogP contribution in [0.25, 0.3) is 0 Å². The number of carbonyl (C=O) groups excluding carboxylic acids is 1. The molecule has 2 aromatic carbocycles. The summed E-state index contributed by atoms with van der Waals surface area (Å²) in [6.45, 7) is 1.15. The highest BCUT2D eigenvalue weighted by atomic mass is 79.9. The Morgan fingerprint density at radius 3 is 2.64 bits per heavy atom. The van der Waals surface area contributed by atoms with Crippen molar-refractivity contribution in [1.29, 1.82) is 0 Å². The van der Waals surface area contributed by atoms with E-state index >= 15 is 0 Å². The molecule has 3 aromatic rings. The summed E-state index contributed by atoms with van der Waals surface area (Å²) in [5.74, 6) is 1.74. The van der Waals surface area contributed by atoms with Gasteiger partial charge in [0.2, 0.25) is 5.88 Å². The van der Waals surface area contributed by atoms with Crippen LogP contribution in [0.15, 0.2) is 77.4 Å². The zero-order chi connectivity index (χ0) is 19.3. The van der Waals surface area contributed by atoms with Crippen molar-refractivity contribution in [2.45, 2.75) is 12.5 Å². The van der Waals surface area contributed by atoms with E-state index in [0.717, 1.165) is 10.9 Å². The lowest BCUT2D eigenvalue weighted by molar-refractivity contribution is 0.0768. The SMILES string of the molecule is O=C(c1ccccc1Oc1ccccc1)N1CCC(Oc2ncccc2Br)C1. The van der Waals surface area contributed by atoms with E-state index < -0.39 is 0 Å². The van der Waals surface area contributed by atoms with E-state index in [1.165, 1.54) is 0 Å². The highest BCUT2D eigenvalue weighted by Gasteiger charge is 2.30. The molecule has 1 saturated heterocycles. The first-order valence-electron chi connectivity index (χ1n) is 9.09. The molecule has 1 atom stereocenters. The quantitative estimate of drug-likeness (QED) is 0.566. The lowest BCUT2D eigenvalue weighted by Gasteiger charge is -2.19. The number of likely N-dealkylation sites (tertiary alicyclic amines) is 1. The van der Waals surface area contributed by atoms with Gasteiger partial charge in [-0.1, -0.05) is 30.3 Å². The zero-order valence-corrected chi connectivity index (χ0v) is 16.7. The van der Waals surface area contributed by atoms with E-state index in [2.05, 4.69) is 20.9 Å². The third-order valence-corrected chi connectivity index (χ3v) is 5.13. The van der Waals surface area contributed by atoms with Crippen molar-refractivity contribution in [3.8, 4) is 17.4 Å². The molecule has 1 aliphatic rings. The topological polar surface area (TPSA) is 51.7 Å². The molecule has 0 bridgehead atoms. The van der Waals surface area contributed by atoms with Crippen LogP contribution in [0.5, 0.6) is 17.4 Å². The van der Waals surface area contributed by atoms with Crippen LogP contribution in [0.1, 0.15) is 16.8 Å². The zero-order valence-electron chi connectivity index (χ0n) is 15.1. The van der Waals surface area contributed by atoms with E-state index in [4.69, 9.17) is 9.47 Å². The van der Waals surface area contributed by atoms with Crippen molar-refractivity contribution >= 4 is 21.8 Å². The van der Waals surface area contributed by atoms with Gasteiger partial charge >= 0.3 is 0 Å². The van der Waals surface area contributed by atoms with Crippen LogP contribution in [0.2, 0.25) is 0 Å². The molecule has 0 N–H and O–H groups in total. The summed E-state index contributed by atoms with van der Waals surface area (Å²) in [5.41, 5.74) is 0.547. The molecule has 1 amide bonds. The number of carbonyl (C=O) groups is 1. The van der Waals surface area contributed by atoms with Crippen LogP contribution in [0.4, 0.5) is 0 Å². The van der Waals surface area contributed by atoms with Crippen LogP contribution in [0, 0.1) is 0 Å². The second-order valence-electron chi connectivity index (χ2n) is 6.48. The molecule has 142 valence electrons. The fourth-order valence-corrected chi connectivity index (χ4v) is 3.49. The summed E-state index contributed by atoms with van der Waals surface area (Å²) >= 11 is 3.44. The molecule has 5 nitrogen and oxygen atoms in total. The predicted octanol–water partition coefficient (Wildman–Crippen LogP) is 4.93. The molecule has 0 aliphatic carbocycles. The molecular formula is C22H19BrN2O3. The Balaban J connectivity index is 1.46. The van der Waals surface area contributed by atoms with Crippen LogP contribution in [-0.2, 0) is 0 Å². The Kier molecular flexibility index (Phi) is 5.58. The monoisotopic (exact) mass is 438 g/mol. The van der Waals surface area contributed by atoms with E-state index in [1.54, 1.807) is 17.2 Å². The van der Waals surface area contributed by atoms with Crippen molar-refractivity contribution in [1.82, 2.24) is 9.88 Å². The first kappa shape index (κ1) is 18.5. The first-order valence-corrected chi connectivity index (χ1v) is 9.88. The summed E-state index contributed by atoms with van der Waals surface area (Å²) in [6, 6.07) is 20.5. The Labute approximate surface area is 172 Å². The normalized spacial score (nSPS) is 16.0. The van der Waals surface area contributed by atoms with Gasteiger partial charge in [-0.3, -0.25) is 4.79 Å². The van der Waals surface area contributed by atoms with Gasteiger partial charge in [0, 0.05) is 19.2 Å². The molecule has 0 saturated carbocycles. The van der Waals surface area contributed by atoms with Crippen molar-refractivity contribution in [3.05, 3.63) is 83.0 Å². The van der Waals surface area contributed by atoms with Crippen LogP contribution >= 0.6 is 15.9 Å². The highest BCUT2D eigenvalue weighted by Crippen LogP contribution is 2.28. The summed E-state index contributed by atoms with van der Waals surface area (Å²) < 4.78 is 12.7. The van der Waals surface area contributed by atoms with Gasteiger partial charge in [0.05, 0.1) is 16.6 Å². The highest BCUT2D eigenvalue weighted by molar-refractivity contribution is 9.10. The van der Waals surface area contributed by atoms with E-state index in [1.807, 2.05) is 60.7 Å². The molecule has 4 rings (SSSR count). The van der Waals surface area contributed by atoms with Gasteiger partial charge in [-0.05, 0) is 52.3 Å². The van der Waals surface area contributed by atoms with E-state index in [0.29, 0.717) is 36.0 Å². The molecular weight excluding hydrogens is 420 g/mol. The molecule has 1 aromatic heterocycles. The number of nitrogens with zero attached hydrogens (tertiary/aromatic N) is 2. The van der Waals surface area contributed by atoms with Crippen LogP contribution in [0.3, 0.4) is 0 Å². The number of rotatable bonds is 5. The van der Waals surface area contributed by atoms with Gasteiger partial charge in [-0.2, -0.15) is 0 Å². The largest absolute Gasteiger partial charge is 0.472 e. The first-order chi connectivity index (χ1) is 13.7. The molecule has 1 unspecified atom stereocenters. The number of ether oxygens (including phenoxy) is 2. The van der Waals surface area contributed by atoms with Gasteiger partial charge in [0.15, 0.2) is 0 Å². The molecule has 28 heavy (non-hydrogen) atoms. The Hall–Kier alpha value is -2.86. The molecule has 6 heteroatoms. The van der Waals surface area contributed by atoms with Crippen LogP contribution in [-0.4, -0.2) is 35.0 Å². The van der Waals surface area contributed by atoms with Crippen LogP contribution < -0.4 is 9.47 Å². The van der Waals surface area contributed by atoms with Crippen molar-refractivity contribution in [3.63, 3.8) is 0 Å². The fourth-order valence-electron chi connectivity index (χ4n) is 3.14. The molecule has 0 spiro atoms. The number of halogens is 1. The number of pyridine rings is 1. The lowest BCUT2D eigenvalue weighted by atomic mass is 10.1. The second kappa shape index (κ2) is 8.44. The van der Waals surface area contributed by atoms with Gasteiger partial charge in [-0.15, -0.1) is 0 Å². The maximum absolute atomic E-state index is 13.1. The minimum atomic E-state index is -0.0858. The Morgan fingerprint density at radius 2 is 1.82 bits per heavy atom. The van der Waals surface area contributed by atoms with E-state index in [-0.39, 0.29) is 12.0 Å². The summed E-state index contributed by atoms with van der Waals surface area (Å²) in [5, 5.41) is 0. The standard InChI is InChI=1S/C22H19BrN2O3/c23-19-10-6-13-24-21(19)28-17-12-14-25(15-17)22(26)18-9-4-5-11-20(18)27-16-7-2-1-3-8-16/h1-11,13,17H,12,14-15H2. The number of para-hydroxylation sites is 2. The third kappa shape index (κ3) is 4.17. The molecule has 2 heterocycles. The Bertz CT molecular complexity index is 965. The fraction of sp³-hybridized carbons (Fsp3) is 0.182. The minimum absolute atomic E-state index is 0.0577. The lowest BCUT2D eigenvalue weighted by Crippen LogP contribution is -2.31. The predicted molar refractivity (Wildman–Crippen MR) is 110 cm³/mol. The maximum Gasteiger partial charge on any atom is 0.257 e. The number of aromatic nitrogens is 1. The van der Waals surface area contributed by atoms with Gasteiger partial charge < -0.3 is 14.4 Å².